The van der Waals surface area contributed by atoms with E-state index in [4.69, 9.17) is 0 Å². The molecule has 1 aliphatic heterocycles. The minimum atomic E-state index is -0.279. The second-order valence-electron chi connectivity index (χ2n) is 3.33. The van der Waals surface area contributed by atoms with Gasteiger partial charge in [-0.3, -0.25) is 0 Å². The Kier molecular flexibility index (Phi) is 2.17. The van der Waals surface area contributed by atoms with Crippen molar-refractivity contribution in [2.24, 2.45) is 0 Å². The molecule has 0 aromatic carbocycles. The summed E-state index contributed by atoms with van der Waals surface area (Å²) >= 11 is 1.76. The third-order valence-electron chi connectivity index (χ3n) is 2.34. The Morgan fingerprint density at radius 1 is 1.67 bits per heavy atom. The molecule has 2 nitrogen and oxygen atoms in total. The van der Waals surface area contributed by atoms with Crippen LogP contribution in [0.4, 0.5) is 0 Å². The van der Waals surface area contributed by atoms with E-state index in [0.717, 1.165) is 25.1 Å². The Morgan fingerprint density at radius 2 is 2.50 bits per heavy atom. The minimum absolute atomic E-state index is 0.279. The summed E-state index contributed by atoms with van der Waals surface area (Å²) in [7, 11) is 2.06. The molecule has 0 amide bonds. The molecule has 2 heterocycles. The van der Waals surface area contributed by atoms with Crippen LogP contribution < -0.4 is 0 Å². The molecule has 1 atom stereocenters. The Bertz CT molecular complexity index is 271. The topological polar surface area (TPSA) is 23.5 Å². The van der Waals surface area contributed by atoms with E-state index in [9.17, 15) is 5.11 Å². The van der Waals surface area contributed by atoms with Crippen molar-refractivity contribution in [1.82, 2.24) is 4.90 Å². The summed E-state index contributed by atoms with van der Waals surface area (Å²) in [6.45, 7) is 1.83. The van der Waals surface area contributed by atoms with Gasteiger partial charge in [-0.25, -0.2) is 0 Å². The number of nitrogens with zero attached hydrogens (tertiary/aromatic N) is 1. The van der Waals surface area contributed by atoms with Gasteiger partial charge in [0, 0.05) is 18.0 Å². The summed E-state index contributed by atoms with van der Waals surface area (Å²) in [5.41, 5.74) is 1.14. The van der Waals surface area contributed by atoms with Crippen molar-refractivity contribution in [1.29, 1.82) is 0 Å². The predicted molar refractivity (Wildman–Crippen MR) is 50.5 cm³/mol. The van der Waals surface area contributed by atoms with Crippen LogP contribution in [0.3, 0.4) is 0 Å². The van der Waals surface area contributed by atoms with Crippen LogP contribution in [0.25, 0.3) is 0 Å². The number of hydrogen-bond donors (Lipinski definition) is 1. The van der Waals surface area contributed by atoms with Crippen molar-refractivity contribution in [2.75, 3.05) is 20.1 Å². The van der Waals surface area contributed by atoms with Gasteiger partial charge in [0.2, 0.25) is 0 Å². The monoisotopic (exact) mass is 183 g/mol. The highest BCUT2D eigenvalue weighted by Crippen LogP contribution is 2.27. The third-order valence-corrected chi connectivity index (χ3v) is 3.34. The van der Waals surface area contributed by atoms with E-state index in [2.05, 4.69) is 17.3 Å². The zero-order valence-electron chi connectivity index (χ0n) is 7.16. The number of fused-ring (bicyclic) bond motifs is 1. The van der Waals surface area contributed by atoms with Crippen molar-refractivity contribution in [2.45, 2.75) is 12.5 Å². The largest absolute Gasteiger partial charge is 0.387 e. The Morgan fingerprint density at radius 3 is 3.33 bits per heavy atom. The third kappa shape index (κ3) is 1.40. The number of aliphatic hydroxyl groups is 1. The minimum Gasteiger partial charge on any atom is -0.387 e. The summed E-state index contributed by atoms with van der Waals surface area (Å²) in [5.74, 6) is 0. The zero-order valence-corrected chi connectivity index (χ0v) is 7.97. The van der Waals surface area contributed by atoms with Gasteiger partial charge in [-0.1, -0.05) is 0 Å². The molecule has 2 rings (SSSR count). The molecule has 1 unspecified atom stereocenters. The highest BCUT2D eigenvalue weighted by atomic mass is 32.1. The van der Waals surface area contributed by atoms with Gasteiger partial charge in [-0.2, -0.15) is 0 Å². The molecule has 0 saturated heterocycles. The van der Waals surface area contributed by atoms with Crippen LogP contribution in [-0.2, 0) is 6.42 Å². The van der Waals surface area contributed by atoms with Crippen molar-refractivity contribution in [3.63, 3.8) is 0 Å². The first-order valence-corrected chi connectivity index (χ1v) is 5.08. The quantitative estimate of drug-likeness (QED) is 0.654. The second kappa shape index (κ2) is 3.17. The normalized spacial score (nSPS) is 25.0. The molecule has 1 aromatic heterocycles. The lowest BCUT2D eigenvalue weighted by molar-refractivity contribution is 0.134. The molecule has 1 N–H and O–H groups in total. The molecule has 3 heteroatoms. The highest BCUT2D eigenvalue weighted by Gasteiger charge is 2.19. The smallest absolute Gasteiger partial charge is 0.0927 e. The van der Waals surface area contributed by atoms with E-state index in [-0.39, 0.29) is 6.10 Å². The molecular formula is C9H13NOS. The molecule has 1 aromatic rings. The van der Waals surface area contributed by atoms with Crippen molar-refractivity contribution >= 4 is 11.3 Å². The van der Waals surface area contributed by atoms with Crippen LogP contribution >= 0.6 is 11.3 Å². The maximum absolute atomic E-state index is 9.77. The number of aliphatic hydroxyl groups excluding tert-OH is 1. The van der Waals surface area contributed by atoms with Gasteiger partial charge in [0.25, 0.3) is 0 Å². The molecule has 66 valence electrons. The molecule has 0 saturated carbocycles. The first-order valence-electron chi connectivity index (χ1n) is 4.20. The predicted octanol–water partition coefficient (Wildman–Crippen LogP) is 1.27. The van der Waals surface area contributed by atoms with Crippen LogP contribution in [0.2, 0.25) is 0 Å². The lowest BCUT2D eigenvalue weighted by atomic mass is 10.1. The van der Waals surface area contributed by atoms with E-state index in [1.54, 1.807) is 11.3 Å². The number of likely N-dealkylation sites (N-methyl/N-ethyl adjacent to an activating group) is 1. The number of hydrogen-bond acceptors (Lipinski definition) is 3. The molecule has 0 fully saturated rings. The first kappa shape index (κ1) is 8.23. The summed E-state index contributed by atoms with van der Waals surface area (Å²) in [4.78, 5) is 3.53. The van der Waals surface area contributed by atoms with Crippen LogP contribution in [0.15, 0.2) is 11.4 Å². The van der Waals surface area contributed by atoms with Gasteiger partial charge in [0.15, 0.2) is 0 Å². The van der Waals surface area contributed by atoms with E-state index < -0.39 is 0 Å². The van der Waals surface area contributed by atoms with E-state index in [1.165, 1.54) is 4.88 Å². The Balaban J connectivity index is 2.29. The average molecular weight is 183 g/mol. The van der Waals surface area contributed by atoms with Gasteiger partial charge in [0.1, 0.15) is 0 Å². The zero-order chi connectivity index (χ0) is 8.55. The fourth-order valence-electron chi connectivity index (χ4n) is 1.63. The van der Waals surface area contributed by atoms with Crippen LogP contribution in [0.5, 0.6) is 0 Å². The maximum atomic E-state index is 9.77. The lowest BCUT2D eigenvalue weighted by Crippen LogP contribution is -2.23. The van der Waals surface area contributed by atoms with E-state index in [0.29, 0.717) is 0 Å². The van der Waals surface area contributed by atoms with Gasteiger partial charge >= 0.3 is 0 Å². The molecule has 0 aliphatic carbocycles. The van der Waals surface area contributed by atoms with Crippen molar-refractivity contribution in [3.05, 3.63) is 21.9 Å². The standard InChI is InChI=1S/C9H13NOS/c1-10-4-2-9-7(3-5-12-9)8(11)6-10/h3,5,8,11H,2,4,6H2,1H3. The van der Waals surface area contributed by atoms with Gasteiger partial charge < -0.3 is 10.0 Å². The number of β-amino-alcohol motifs (C(OH)–C–C–N with tert-alkyl or cyclic N) is 1. The SMILES string of the molecule is CN1CCc2sccc2C(O)C1. The fourth-order valence-corrected chi connectivity index (χ4v) is 2.56. The maximum Gasteiger partial charge on any atom is 0.0927 e. The van der Waals surface area contributed by atoms with Crippen molar-refractivity contribution < 1.29 is 5.11 Å². The van der Waals surface area contributed by atoms with Crippen LogP contribution in [0, 0.1) is 0 Å². The fraction of sp³-hybridized carbons (Fsp3) is 0.556. The van der Waals surface area contributed by atoms with E-state index >= 15 is 0 Å². The number of rotatable bonds is 0. The van der Waals surface area contributed by atoms with Crippen LogP contribution in [-0.4, -0.2) is 30.1 Å². The van der Waals surface area contributed by atoms with E-state index in [1.807, 2.05) is 6.07 Å². The Hall–Kier alpha value is -0.380. The molecule has 0 spiro atoms. The second-order valence-corrected chi connectivity index (χ2v) is 4.33. The van der Waals surface area contributed by atoms with Crippen molar-refractivity contribution in [3.8, 4) is 0 Å². The molecule has 12 heavy (non-hydrogen) atoms. The summed E-state index contributed by atoms with van der Waals surface area (Å²) in [6, 6.07) is 2.05. The van der Waals surface area contributed by atoms with Gasteiger partial charge in [0.05, 0.1) is 6.10 Å². The lowest BCUT2D eigenvalue weighted by Gasteiger charge is -2.15. The highest BCUT2D eigenvalue weighted by molar-refractivity contribution is 7.10. The summed E-state index contributed by atoms with van der Waals surface area (Å²) in [6.07, 6.45) is 0.805. The molecule has 0 radical (unpaired) electrons. The molecule has 0 bridgehead atoms. The summed E-state index contributed by atoms with van der Waals surface area (Å²) in [5, 5.41) is 11.8. The summed E-state index contributed by atoms with van der Waals surface area (Å²) < 4.78 is 0. The van der Waals surface area contributed by atoms with Crippen LogP contribution in [0.1, 0.15) is 16.5 Å². The van der Waals surface area contributed by atoms with Gasteiger partial charge in [-0.05, 0) is 30.5 Å². The molecule has 1 aliphatic rings. The first-order chi connectivity index (χ1) is 5.77. The average Bonchev–Trinajstić information content (AvgIpc) is 2.43. The van der Waals surface area contributed by atoms with Gasteiger partial charge in [-0.15, -0.1) is 11.3 Å². The Labute approximate surface area is 76.4 Å². The molecular weight excluding hydrogens is 170 g/mol. The number of thiophene rings is 1.